The second kappa shape index (κ2) is 11.8. The minimum Gasteiger partial charge on any atom is -0.350 e. The second-order valence-electron chi connectivity index (χ2n) is 8.56. The van der Waals surface area contributed by atoms with E-state index in [0.29, 0.717) is 23.2 Å². The minimum absolute atomic E-state index is 0.300. The monoisotopic (exact) mass is 493 g/mol. The molecular weight excluding hydrogens is 466 g/mol. The molecule has 0 fully saturated rings. The molecule has 0 heterocycles. The zero-order chi connectivity index (χ0) is 26.2. The number of hydrogen-bond acceptors (Lipinski definition) is 4. The number of carbonyl (C=O) groups is 3. The standard InChI is InChI=1S/C30H27N3O4/c1-33(30(36)26-16-15-23-11-5-6-12-24(23)19-26)28(29(35)31-20-22-8-3-2-4-9-22)25-13-7-10-21(18-25)14-17-27(34)32-37/h2-19,28,37H,20H2,1H3,(H,31,35)(H,32,34). The SMILES string of the molecule is CN(C(=O)c1ccc2ccccc2c1)C(C(=O)NCc1ccccc1)c1cccc(C=CC(=O)NO)c1. The van der Waals surface area contributed by atoms with Crippen LogP contribution in [0.25, 0.3) is 16.8 Å². The highest BCUT2D eigenvalue weighted by molar-refractivity contribution is 6.01. The van der Waals surface area contributed by atoms with Crippen LogP contribution in [0.4, 0.5) is 0 Å². The molecule has 0 spiro atoms. The molecule has 37 heavy (non-hydrogen) atoms. The molecule has 0 saturated carbocycles. The van der Waals surface area contributed by atoms with Crippen molar-refractivity contribution >= 4 is 34.6 Å². The summed E-state index contributed by atoms with van der Waals surface area (Å²) in [6, 6.07) is 28.8. The van der Waals surface area contributed by atoms with Gasteiger partial charge in [-0.25, -0.2) is 5.48 Å². The van der Waals surface area contributed by atoms with E-state index in [1.165, 1.54) is 17.1 Å². The zero-order valence-corrected chi connectivity index (χ0v) is 20.3. The van der Waals surface area contributed by atoms with E-state index < -0.39 is 11.9 Å². The molecule has 0 aliphatic carbocycles. The van der Waals surface area contributed by atoms with Gasteiger partial charge in [-0.15, -0.1) is 0 Å². The van der Waals surface area contributed by atoms with Crippen molar-refractivity contribution in [2.24, 2.45) is 0 Å². The first kappa shape index (κ1) is 25.3. The molecule has 7 heteroatoms. The molecule has 0 saturated heterocycles. The Morgan fingerprint density at radius 1 is 0.865 bits per heavy atom. The van der Waals surface area contributed by atoms with Gasteiger partial charge in [0.05, 0.1) is 0 Å². The normalized spacial score (nSPS) is 11.7. The highest BCUT2D eigenvalue weighted by Gasteiger charge is 2.29. The van der Waals surface area contributed by atoms with E-state index in [1.807, 2.05) is 66.7 Å². The van der Waals surface area contributed by atoms with Crippen LogP contribution in [0.15, 0.2) is 103 Å². The first-order valence-corrected chi connectivity index (χ1v) is 11.8. The lowest BCUT2D eigenvalue weighted by atomic mass is 10.00. The fourth-order valence-electron chi connectivity index (χ4n) is 4.12. The van der Waals surface area contributed by atoms with Gasteiger partial charge in [-0.2, -0.15) is 0 Å². The highest BCUT2D eigenvalue weighted by Crippen LogP contribution is 2.25. The summed E-state index contributed by atoms with van der Waals surface area (Å²) in [6.45, 7) is 0.310. The van der Waals surface area contributed by atoms with Crippen molar-refractivity contribution in [1.29, 1.82) is 0 Å². The largest absolute Gasteiger partial charge is 0.350 e. The van der Waals surface area contributed by atoms with E-state index in [1.54, 1.807) is 42.9 Å². The second-order valence-corrected chi connectivity index (χ2v) is 8.56. The van der Waals surface area contributed by atoms with Crippen molar-refractivity contribution in [1.82, 2.24) is 15.7 Å². The Balaban J connectivity index is 1.66. The number of likely N-dealkylation sites (N-methyl/N-ethyl adjacent to an activating group) is 1. The third-order valence-corrected chi connectivity index (χ3v) is 6.03. The third-order valence-electron chi connectivity index (χ3n) is 6.03. The molecule has 186 valence electrons. The molecule has 7 nitrogen and oxygen atoms in total. The van der Waals surface area contributed by atoms with Crippen molar-refractivity contribution in [2.45, 2.75) is 12.6 Å². The van der Waals surface area contributed by atoms with Crippen molar-refractivity contribution in [2.75, 3.05) is 7.05 Å². The Bertz CT molecular complexity index is 1450. The van der Waals surface area contributed by atoms with E-state index in [9.17, 15) is 14.4 Å². The number of hydrogen-bond donors (Lipinski definition) is 3. The van der Waals surface area contributed by atoms with Gasteiger partial charge in [0.25, 0.3) is 11.8 Å². The number of nitrogens with one attached hydrogen (secondary N) is 2. The number of carbonyl (C=O) groups excluding carboxylic acids is 3. The molecule has 1 unspecified atom stereocenters. The summed E-state index contributed by atoms with van der Waals surface area (Å²) in [4.78, 5) is 39.9. The molecule has 0 aliphatic heterocycles. The molecule has 0 aliphatic rings. The average Bonchev–Trinajstić information content (AvgIpc) is 2.95. The third kappa shape index (κ3) is 6.28. The maximum absolute atomic E-state index is 13.6. The van der Waals surface area contributed by atoms with Gasteiger partial charge in [-0.05, 0) is 51.7 Å². The summed E-state index contributed by atoms with van der Waals surface area (Å²) in [5, 5.41) is 13.6. The lowest BCUT2D eigenvalue weighted by Crippen LogP contribution is -2.41. The molecular formula is C30H27N3O4. The van der Waals surface area contributed by atoms with Crippen LogP contribution in [0.3, 0.4) is 0 Å². The van der Waals surface area contributed by atoms with E-state index in [-0.39, 0.29) is 11.8 Å². The molecule has 4 rings (SSSR count). The van der Waals surface area contributed by atoms with Crippen LogP contribution in [-0.4, -0.2) is 34.9 Å². The lowest BCUT2D eigenvalue weighted by molar-refractivity contribution is -0.126. The van der Waals surface area contributed by atoms with Gasteiger partial charge in [0.2, 0.25) is 5.91 Å². The summed E-state index contributed by atoms with van der Waals surface area (Å²) in [7, 11) is 1.60. The fraction of sp³-hybridized carbons (Fsp3) is 0.100. The summed E-state index contributed by atoms with van der Waals surface area (Å²) in [5.74, 6) is -1.31. The topological polar surface area (TPSA) is 98.7 Å². The van der Waals surface area contributed by atoms with E-state index in [4.69, 9.17) is 5.21 Å². The molecule has 0 bridgehead atoms. The Hall–Kier alpha value is -4.75. The Morgan fingerprint density at radius 2 is 1.59 bits per heavy atom. The van der Waals surface area contributed by atoms with E-state index >= 15 is 0 Å². The minimum atomic E-state index is -0.928. The van der Waals surface area contributed by atoms with E-state index in [2.05, 4.69) is 5.32 Å². The van der Waals surface area contributed by atoms with Crippen molar-refractivity contribution in [3.63, 3.8) is 0 Å². The quantitative estimate of drug-likeness (QED) is 0.191. The van der Waals surface area contributed by atoms with Gasteiger partial charge >= 0.3 is 0 Å². The predicted molar refractivity (Wildman–Crippen MR) is 142 cm³/mol. The first-order chi connectivity index (χ1) is 18.0. The van der Waals surface area contributed by atoms with Gasteiger partial charge in [-0.1, -0.05) is 78.9 Å². The van der Waals surface area contributed by atoms with Crippen molar-refractivity contribution in [3.8, 4) is 0 Å². The van der Waals surface area contributed by atoms with Crippen LogP contribution in [0.5, 0.6) is 0 Å². The van der Waals surface area contributed by atoms with E-state index in [0.717, 1.165) is 16.3 Å². The van der Waals surface area contributed by atoms with Gasteiger partial charge in [0, 0.05) is 25.2 Å². The maximum atomic E-state index is 13.6. The maximum Gasteiger partial charge on any atom is 0.267 e. The zero-order valence-electron chi connectivity index (χ0n) is 20.3. The van der Waals surface area contributed by atoms with Crippen molar-refractivity contribution < 1.29 is 19.6 Å². The molecule has 4 aromatic rings. The van der Waals surface area contributed by atoms with Crippen LogP contribution in [-0.2, 0) is 16.1 Å². The molecule has 1 atom stereocenters. The molecule has 0 aromatic heterocycles. The van der Waals surface area contributed by atoms with Crippen LogP contribution >= 0.6 is 0 Å². The Kier molecular flexibility index (Phi) is 8.08. The molecule has 3 N–H and O–H groups in total. The molecule has 3 amide bonds. The lowest BCUT2D eigenvalue weighted by Gasteiger charge is -2.28. The van der Waals surface area contributed by atoms with Crippen LogP contribution < -0.4 is 10.8 Å². The summed E-state index contributed by atoms with van der Waals surface area (Å²) < 4.78 is 0. The van der Waals surface area contributed by atoms with Gasteiger partial charge in [-0.3, -0.25) is 19.6 Å². The van der Waals surface area contributed by atoms with Crippen LogP contribution in [0.1, 0.15) is 33.1 Å². The summed E-state index contributed by atoms with van der Waals surface area (Å²) in [6.07, 6.45) is 2.69. The fourth-order valence-corrected chi connectivity index (χ4v) is 4.12. The first-order valence-electron chi connectivity index (χ1n) is 11.8. The Morgan fingerprint density at radius 3 is 2.35 bits per heavy atom. The number of rotatable bonds is 8. The van der Waals surface area contributed by atoms with Gasteiger partial charge < -0.3 is 10.2 Å². The van der Waals surface area contributed by atoms with Gasteiger partial charge in [0.15, 0.2) is 0 Å². The molecule has 4 aromatic carbocycles. The van der Waals surface area contributed by atoms with Crippen LogP contribution in [0, 0.1) is 0 Å². The number of fused-ring (bicyclic) bond motifs is 1. The number of amides is 3. The van der Waals surface area contributed by atoms with Gasteiger partial charge in [0.1, 0.15) is 6.04 Å². The number of benzene rings is 4. The average molecular weight is 494 g/mol. The number of nitrogens with zero attached hydrogens (tertiary/aromatic N) is 1. The highest BCUT2D eigenvalue weighted by atomic mass is 16.5. The smallest absolute Gasteiger partial charge is 0.267 e. The predicted octanol–water partition coefficient (Wildman–Crippen LogP) is 4.49. The molecule has 0 radical (unpaired) electrons. The summed E-state index contributed by atoms with van der Waals surface area (Å²) in [5.41, 5.74) is 4.16. The number of hydroxylamine groups is 1. The van der Waals surface area contributed by atoms with Crippen LogP contribution in [0.2, 0.25) is 0 Å². The summed E-state index contributed by atoms with van der Waals surface area (Å²) >= 11 is 0. The Labute approximate surface area is 215 Å². The van der Waals surface area contributed by atoms with Crippen molar-refractivity contribution in [3.05, 3.63) is 125 Å².